The molecule has 0 fully saturated rings. The number of hydrogen-bond donors (Lipinski definition) is 2. The normalized spacial score (nSPS) is 12.0. The van der Waals surface area contributed by atoms with Crippen LogP contribution in [0.5, 0.6) is 0 Å². The van der Waals surface area contributed by atoms with Gasteiger partial charge in [-0.1, -0.05) is 53.5 Å². The van der Waals surface area contributed by atoms with E-state index in [9.17, 15) is 9.59 Å². The molecular formula is C18H27Cl2N3O3. The minimum absolute atomic E-state index is 0.135. The quantitative estimate of drug-likeness (QED) is 0.397. The van der Waals surface area contributed by atoms with E-state index in [4.69, 9.17) is 27.9 Å². The van der Waals surface area contributed by atoms with Gasteiger partial charge in [-0.2, -0.15) is 0 Å². The number of carbonyl (C=O) groups excluding carboxylic acids is 2. The Kier molecular flexibility index (Phi) is 8.67. The van der Waals surface area contributed by atoms with Crippen LogP contribution in [0.25, 0.3) is 0 Å². The summed E-state index contributed by atoms with van der Waals surface area (Å²) >= 11 is 12.9. The van der Waals surface area contributed by atoms with Gasteiger partial charge in [0.25, 0.3) is 0 Å². The van der Waals surface area contributed by atoms with Crippen LogP contribution in [0.3, 0.4) is 0 Å². The average Bonchev–Trinajstić information content (AvgIpc) is 2.56. The molecule has 0 bridgehead atoms. The average molecular weight is 404 g/mol. The molecule has 0 aromatic heterocycles. The van der Waals surface area contributed by atoms with Crippen molar-refractivity contribution in [1.29, 1.82) is 0 Å². The second kappa shape index (κ2) is 10.00. The third-order valence-electron chi connectivity index (χ3n) is 3.39. The number of ether oxygens (including phenoxy) is 1. The number of hydrogen-bond acceptors (Lipinski definition) is 4. The van der Waals surface area contributed by atoms with Crippen LogP contribution in [0.4, 0.5) is 4.79 Å². The van der Waals surface area contributed by atoms with Crippen LogP contribution in [0, 0.1) is 0 Å². The highest BCUT2D eigenvalue weighted by Gasteiger charge is 2.31. The Morgan fingerprint density at radius 3 is 2.31 bits per heavy atom. The first-order valence-corrected chi connectivity index (χ1v) is 9.16. The second-order valence-corrected chi connectivity index (χ2v) is 8.18. The number of carbonyl (C=O) groups is 2. The fourth-order valence-electron chi connectivity index (χ4n) is 2.07. The zero-order valence-electron chi connectivity index (χ0n) is 15.6. The van der Waals surface area contributed by atoms with E-state index in [1.807, 2.05) is 37.4 Å². The Hall–Kier alpha value is -1.50. The van der Waals surface area contributed by atoms with Crippen molar-refractivity contribution in [3.05, 3.63) is 35.9 Å². The summed E-state index contributed by atoms with van der Waals surface area (Å²) in [5, 5.41) is 5.13. The molecule has 0 spiro atoms. The Balaban J connectivity index is 2.27. The highest BCUT2D eigenvalue weighted by molar-refractivity contribution is 6.47. The zero-order chi connectivity index (χ0) is 19.8. The number of alkyl carbamates (subject to hydrolysis) is 1. The number of benzene rings is 1. The van der Waals surface area contributed by atoms with E-state index >= 15 is 0 Å². The molecule has 0 heterocycles. The molecule has 0 unspecified atom stereocenters. The molecule has 2 amide bonds. The maximum absolute atomic E-state index is 11.7. The minimum atomic E-state index is -1.14. The standard InChI is InChI=1S/C18H27Cl2N3O3/c1-17(2,3)26-16(25)22-13-15(24)21-11-8-12-23(4)18(19,20)14-9-6-5-7-10-14/h5-7,9-10H,8,11-13H2,1-4H3,(H,21,24)(H,22,25). The van der Waals surface area contributed by atoms with E-state index in [0.717, 1.165) is 5.56 Å². The van der Waals surface area contributed by atoms with Gasteiger partial charge in [0.2, 0.25) is 5.91 Å². The Labute approximate surface area is 165 Å². The Morgan fingerprint density at radius 1 is 1.12 bits per heavy atom. The van der Waals surface area contributed by atoms with Gasteiger partial charge >= 0.3 is 6.09 Å². The molecule has 0 aliphatic heterocycles. The van der Waals surface area contributed by atoms with Gasteiger partial charge in [-0.25, -0.2) is 4.79 Å². The molecule has 0 saturated heterocycles. The van der Waals surface area contributed by atoms with E-state index in [0.29, 0.717) is 19.5 Å². The van der Waals surface area contributed by atoms with Crippen LogP contribution in [0.2, 0.25) is 0 Å². The van der Waals surface area contributed by atoms with Gasteiger partial charge < -0.3 is 15.4 Å². The van der Waals surface area contributed by atoms with Gasteiger partial charge in [0.1, 0.15) is 5.60 Å². The van der Waals surface area contributed by atoms with E-state index < -0.39 is 16.2 Å². The molecule has 26 heavy (non-hydrogen) atoms. The Bertz CT molecular complexity index is 589. The number of halogens is 2. The van der Waals surface area contributed by atoms with Gasteiger partial charge in [-0.3, -0.25) is 9.69 Å². The lowest BCUT2D eigenvalue weighted by Gasteiger charge is -2.31. The summed E-state index contributed by atoms with van der Waals surface area (Å²) in [6, 6.07) is 9.37. The molecule has 1 rings (SSSR count). The third-order valence-corrected chi connectivity index (χ3v) is 4.40. The predicted molar refractivity (Wildman–Crippen MR) is 104 cm³/mol. The first kappa shape index (κ1) is 22.5. The van der Waals surface area contributed by atoms with Crippen molar-refractivity contribution in [3.8, 4) is 0 Å². The molecule has 146 valence electrons. The first-order chi connectivity index (χ1) is 12.0. The SMILES string of the molecule is CN(CCCNC(=O)CNC(=O)OC(C)(C)C)C(Cl)(Cl)c1ccccc1. The van der Waals surface area contributed by atoms with Crippen molar-refractivity contribution >= 4 is 35.2 Å². The van der Waals surface area contributed by atoms with Crippen LogP contribution in [0.15, 0.2) is 30.3 Å². The van der Waals surface area contributed by atoms with Crippen molar-refractivity contribution in [2.45, 2.75) is 37.3 Å². The molecular weight excluding hydrogens is 377 g/mol. The van der Waals surface area contributed by atoms with Crippen LogP contribution in [-0.4, -0.2) is 49.2 Å². The van der Waals surface area contributed by atoms with Gasteiger partial charge in [0, 0.05) is 18.7 Å². The summed E-state index contributed by atoms with van der Waals surface area (Å²) in [5.74, 6) is -0.287. The number of rotatable bonds is 8. The molecule has 6 nitrogen and oxygen atoms in total. The summed E-state index contributed by atoms with van der Waals surface area (Å²) in [6.45, 7) is 6.16. The van der Waals surface area contributed by atoms with E-state index in [-0.39, 0.29) is 12.5 Å². The summed E-state index contributed by atoms with van der Waals surface area (Å²) < 4.78 is 3.92. The van der Waals surface area contributed by atoms with E-state index in [2.05, 4.69) is 10.6 Å². The molecule has 8 heteroatoms. The smallest absolute Gasteiger partial charge is 0.408 e. The van der Waals surface area contributed by atoms with Crippen molar-refractivity contribution < 1.29 is 14.3 Å². The van der Waals surface area contributed by atoms with Gasteiger partial charge in [0.15, 0.2) is 4.46 Å². The molecule has 0 radical (unpaired) electrons. The van der Waals surface area contributed by atoms with Crippen LogP contribution < -0.4 is 10.6 Å². The predicted octanol–water partition coefficient (Wildman–Crippen LogP) is 3.24. The molecule has 1 aromatic rings. The highest BCUT2D eigenvalue weighted by atomic mass is 35.5. The molecule has 2 N–H and O–H groups in total. The number of amides is 2. The highest BCUT2D eigenvalue weighted by Crippen LogP contribution is 2.36. The summed E-state index contributed by atoms with van der Waals surface area (Å²) in [5.41, 5.74) is 0.191. The maximum Gasteiger partial charge on any atom is 0.408 e. The molecule has 1 aromatic carbocycles. The van der Waals surface area contributed by atoms with Crippen molar-refractivity contribution in [3.63, 3.8) is 0 Å². The minimum Gasteiger partial charge on any atom is -0.444 e. The topological polar surface area (TPSA) is 70.7 Å². The lowest BCUT2D eigenvalue weighted by Crippen LogP contribution is -2.41. The monoisotopic (exact) mass is 403 g/mol. The lowest BCUT2D eigenvalue weighted by molar-refractivity contribution is -0.120. The lowest BCUT2D eigenvalue weighted by atomic mass is 10.2. The van der Waals surface area contributed by atoms with Crippen LogP contribution in [-0.2, 0) is 14.0 Å². The van der Waals surface area contributed by atoms with E-state index in [1.54, 1.807) is 25.7 Å². The van der Waals surface area contributed by atoms with Crippen molar-refractivity contribution in [2.75, 3.05) is 26.7 Å². The summed E-state index contributed by atoms with van der Waals surface area (Å²) in [7, 11) is 1.82. The molecule has 0 saturated carbocycles. The fourth-order valence-corrected chi connectivity index (χ4v) is 2.49. The maximum atomic E-state index is 11.7. The largest absolute Gasteiger partial charge is 0.444 e. The van der Waals surface area contributed by atoms with Gasteiger partial charge in [0.05, 0.1) is 6.54 Å². The zero-order valence-corrected chi connectivity index (χ0v) is 17.2. The van der Waals surface area contributed by atoms with Gasteiger partial charge in [-0.15, -0.1) is 0 Å². The molecule has 0 aliphatic carbocycles. The van der Waals surface area contributed by atoms with Crippen molar-refractivity contribution in [1.82, 2.24) is 15.5 Å². The number of alkyl halides is 2. The third kappa shape index (κ3) is 8.25. The Morgan fingerprint density at radius 2 is 1.73 bits per heavy atom. The molecule has 0 atom stereocenters. The number of nitrogens with zero attached hydrogens (tertiary/aromatic N) is 1. The second-order valence-electron chi connectivity index (χ2n) is 6.89. The fraction of sp³-hybridized carbons (Fsp3) is 0.556. The summed E-state index contributed by atoms with van der Waals surface area (Å²) in [4.78, 5) is 25.0. The number of nitrogens with one attached hydrogen (secondary N) is 2. The van der Waals surface area contributed by atoms with Crippen molar-refractivity contribution in [2.24, 2.45) is 0 Å². The summed E-state index contributed by atoms with van der Waals surface area (Å²) in [6.07, 6.45) is 0.0344. The van der Waals surface area contributed by atoms with Crippen LogP contribution in [0.1, 0.15) is 32.8 Å². The van der Waals surface area contributed by atoms with E-state index in [1.165, 1.54) is 0 Å². The van der Waals surface area contributed by atoms with Crippen LogP contribution >= 0.6 is 23.2 Å². The first-order valence-electron chi connectivity index (χ1n) is 8.40. The van der Waals surface area contributed by atoms with Gasteiger partial charge in [-0.05, 0) is 34.2 Å². The molecule has 0 aliphatic rings.